The summed E-state index contributed by atoms with van der Waals surface area (Å²) in [4.78, 5) is 14.0. The van der Waals surface area contributed by atoms with Gasteiger partial charge in [0.15, 0.2) is 0 Å². The Balaban J connectivity index is 2.00. The molecule has 0 bridgehead atoms. The van der Waals surface area contributed by atoms with Gasteiger partial charge in [-0.25, -0.2) is 0 Å². The molecule has 0 aliphatic heterocycles. The van der Waals surface area contributed by atoms with Crippen LogP contribution in [-0.2, 0) is 11.3 Å². The van der Waals surface area contributed by atoms with Crippen molar-refractivity contribution in [1.82, 2.24) is 10.2 Å². The maximum atomic E-state index is 12.2. The molecule has 2 aromatic rings. The predicted octanol–water partition coefficient (Wildman–Crippen LogP) is 3.19. The average Bonchev–Trinajstić information content (AvgIpc) is 2.47. The monoisotopic (exact) mass is 284 g/mol. The van der Waals surface area contributed by atoms with E-state index in [2.05, 4.69) is 42.6 Å². The highest BCUT2D eigenvalue weighted by Gasteiger charge is 2.13. The van der Waals surface area contributed by atoms with E-state index in [0.717, 1.165) is 6.54 Å². The highest BCUT2D eigenvalue weighted by Crippen LogP contribution is 2.16. The van der Waals surface area contributed by atoms with Crippen molar-refractivity contribution in [3.05, 3.63) is 48.0 Å². The number of carbonyl (C=O) groups is 1. The number of nitrogens with one attached hydrogen (secondary N) is 1. The number of carbonyl (C=O) groups excluding carboxylic acids is 1. The van der Waals surface area contributed by atoms with Crippen molar-refractivity contribution in [2.45, 2.75) is 32.9 Å². The van der Waals surface area contributed by atoms with Crippen LogP contribution in [0.1, 0.15) is 25.8 Å². The molecule has 0 aliphatic carbocycles. The summed E-state index contributed by atoms with van der Waals surface area (Å²) in [6, 6.07) is 14.9. The molecule has 2 rings (SSSR count). The Morgan fingerprint density at radius 2 is 1.90 bits per heavy atom. The van der Waals surface area contributed by atoms with Gasteiger partial charge in [0.2, 0.25) is 5.91 Å². The van der Waals surface area contributed by atoms with Crippen LogP contribution in [0.2, 0.25) is 0 Å². The van der Waals surface area contributed by atoms with Crippen LogP contribution in [0.3, 0.4) is 0 Å². The molecule has 1 amide bonds. The Hall–Kier alpha value is -1.87. The topological polar surface area (TPSA) is 32.3 Å². The second-order valence-electron chi connectivity index (χ2n) is 5.59. The van der Waals surface area contributed by atoms with Gasteiger partial charge in [-0.1, -0.05) is 43.3 Å². The molecule has 0 saturated carbocycles. The highest BCUT2D eigenvalue weighted by molar-refractivity contribution is 5.83. The lowest BCUT2D eigenvalue weighted by molar-refractivity contribution is -0.130. The number of amides is 1. The van der Waals surface area contributed by atoms with E-state index >= 15 is 0 Å². The fraction of sp³-hybridized carbons (Fsp3) is 0.389. The summed E-state index contributed by atoms with van der Waals surface area (Å²) in [6.45, 7) is 5.65. The predicted molar refractivity (Wildman–Crippen MR) is 88.2 cm³/mol. The van der Waals surface area contributed by atoms with E-state index in [0.29, 0.717) is 13.0 Å². The van der Waals surface area contributed by atoms with E-state index in [1.165, 1.54) is 16.3 Å². The quantitative estimate of drug-likeness (QED) is 0.883. The molecule has 2 aromatic carbocycles. The summed E-state index contributed by atoms with van der Waals surface area (Å²) >= 11 is 0. The Morgan fingerprint density at radius 3 is 2.62 bits per heavy atom. The zero-order valence-corrected chi connectivity index (χ0v) is 13.1. The molecule has 1 unspecified atom stereocenters. The van der Waals surface area contributed by atoms with Crippen molar-refractivity contribution in [2.24, 2.45) is 0 Å². The molecule has 0 spiro atoms. The van der Waals surface area contributed by atoms with E-state index in [1.807, 2.05) is 26.1 Å². The first kappa shape index (κ1) is 15.5. The van der Waals surface area contributed by atoms with Crippen molar-refractivity contribution in [3.8, 4) is 0 Å². The lowest BCUT2D eigenvalue weighted by atomic mass is 10.1. The summed E-state index contributed by atoms with van der Waals surface area (Å²) < 4.78 is 0. The zero-order valence-electron chi connectivity index (χ0n) is 13.1. The molecule has 0 fully saturated rings. The first-order valence-corrected chi connectivity index (χ1v) is 7.55. The van der Waals surface area contributed by atoms with Crippen molar-refractivity contribution in [3.63, 3.8) is 0 Å². The first-order chi connectivity index (χ1) is 10.1. The van der Waals surface area contributed by atoms with Gasteiger partial charge in [-0.2, -0.15) is 0 Å². The second kappa shape index (κ2) is 7.23. The van der Waals surface area contributed by atoms with Gasteiger partial charge in [-0.3, -0.25) is 4.79 Å². The summed E-state index contributed by atoms with van der Waals surface area (Å²) in [6.07, 6.45) is 0.540. The molecular weight excluding hydrogens is 260 g/mol. The lowest BCUT2D eigenvalue weighted by Crippen LogP contribution is -2.34. The minimum Gasteiger partial charge on any atom is -0.341 e. The molecule has 112 valence electrons. The lowest BCUT2D eigenvalue weighted by Gasteiger charge is -2.20. The van der Waals surface area contributed by atoms with Gasteiger partial charge in [0.1, 0.15) is 0 Å². The highest BCUT2D eigenvalue weighted by atomic mass is 16.2. The van der Waals surface area contributed by atoms with Gasteiger partial charge in [0.05, 0.1) is 0 Å². The third kappa shape index (κ3) is 4.30. The third-order valence-corrected chi connectivity index (χ3v) is 3.69. The molecule has 0 aromatic heterocycles. The normalized spacial score (nSPS) is 12.3. The Morgan fingerprint density at radius 1 is 1.19 bits per heavy atom. The van der Waals surface area contributed by atoms with Crippen LogP contribution in [0, 0.1) is 0 Å². The van der Waals surface area contributed by atoms with E-state index in [4.69, 9.17) is 0 Å². The van der Waals surface area contributed by atoms with Crippen LogP contribution in [0.15, 0.2) is 42.5 Å². The Bertz CT molecular complexity index is 609. The number of nitrogens with zero attached hydrogens (tertiary/aromatic N) is 1. The van der Waals surface area contributed by atoms with Crippen LogP contribution in [-0.4, -0.2) is 30.4 Å². The Kier molecular flexibility index (Phi) is 5.34. The number of benzene rings is 2. The van der Waals surface area contributed by atoms with Gasteiger partial charge in [-0.15, -0.1) is 0 Å². The second-order valence-corrected chi connectivity index (χ2v) is 5.59. The minimum atomic E-state index is 0.177. The molecule has 1 N–H and O–H groups in total. The Labute approximate surface area is 127 Å². The molecule has 1 atom stereocenters. The fourth-order valence-corrected chi connectivity index (χ4v) is 2.54. The van der Waals surface area contributed by atoms with Crippen LogP contribution in [0.4, 0.5) is 0 Å². The number of rotatable bonds is 6. The van der Waals surface area contributed by atoms with Crippen molar-refractivity contribution >= 4 is 16.7 Å². The number of hydrogen-bond acceptors (Lipinski definition) is 2. The third-order valence-electron chi connectivity index (χ3n) is 3.69. The molecule has 0 aliphatic rings. The van der Waals surface area contributed by atoms with Crippen molar-refractivity contribution < 1.29 is 4.79 Å². The van der Waals surface area contributed by atoms with E-state index in [-0.39, 0.29) is 11.9 Å². The average molecular weight is 284 g/mol. The zero-order chi connectivity index (χ0) is 15.2. The minimum absolute atomic E-state index is 0.177. The molecule has 0 saturated heterocycles. The van der Waals surface area contributed by atoms with Gasteiger partial charge < -0.3 is 10.2 Å². The van der Waals surface area contributed by atoms with Crippen LogP contribution >= 0.6 is 0 Å². The molecular formula is C18H24N2O. The van der Waals surface area contributed by atoms with Gasteiger partial charge in [0.25, 0.3) is 0 Å². The molecule has 3 nitrogen and oxygen atoms in total. The van der Waals surface area contributed by atoms with Gasteiger partial charge in [0, 0.05) is 26.1 Å². The summed E-state index contributed by atoms with van der Waals surface area (Å²) in [5.41, 5.74) is 1.17. The smallest absolute Gasteiger partial charge is 0.224 e. The van der Waals surface area contributed by atoms with Crippen LogP contribution in [0.5, 0.6) is 0 Å². The van der Waals surface area contributed by atoms with Crippen molar-refractivity contribution in [2.75, 3.05) is 13.6 Å². The van der Waals surface area contributed by atoms with Crippen LogP contribution in [0.25, 0.3) is 10.8 Å². The van der Waals surface area contributed by atoms with Crippen LogP contribution < -0.4 is 5.32 Å². The molecule has 0 heterocycles. The summed E-state index contributed by atoms with van der Waals surface area (Å²) in [7, 11) is 1.87. The van der Waals surface area contributed by atoms with E-state index < -0.39 is 0 Å². The van der Waals surface area contributed by atoms with Gasteiger partial charge in [-0.05, 0) is 35.9 Å². The SMILES string of the molecule is CCNC(C)CC(=O)N(C)Cc1ccc2ccccc2c1. The van der Waals surface area contributed by atoms with E-state index in [9.17, 15) is 4.79 Å². The largest absolute Gasteiger partial charge is 0.341 e. The molecule has 21 heavy (non-hydrogen) atoms. The summed E-state index contributed by atoms with van der Waals surface area (Å²) in [5, 5.41) is 5.72. The first-order valence-electron chi connectivity index (χ1n) is 7.55. The molecule has 3 heteroatoms. The number of hydrogen-bond donors (Lipinski definition) is 1. The molecule has 0 radical (unpaired) electrons. The summed E-state index contributed by atoms with van der Waals surface area (Å²) in [5.74, 6) is 0.177. The van der Waals surface area contributed by atoms with Crippen molar-refractivity contribution in [1.29, 1.82) is 0 Å². The standard InChI is InChI=1S/C18H24N2O/c1-4-19-14(2)11-18(21)20(3)13-15-9-10-16-7-5-6-8-17(16)12-15/h5-10,12,14,19H,4,11,13H2,1-3H3. The maximum Gasteiger partial charge on any atom is 0.224 e. The number of fused-ring (bicyclic) bond motifs is 1. The maximum absolute atomic E-state index is 12.2. The fourth-order valence-electron chi connectivity index (χ4n) is 2.54. The van der Waals surface area contributed by atoms with Gasteiger partial charge >= 0.3 is 0 Å². The van der Waals surface area contributed by atoms with E-state index in [1.54, 1.807) is 4.90 Å².